The van der Waals surface area contributed by atoms with Crippen LogP contribution >= 0.6 is 0 Å². The molecule has 2 heterocycles. The molecule has 0 aromatic heterocycles. The first kappa shape index (κ1) is 15.3. The molecule has 0 spiro atoms. The fourth-order valence-electron chi connectivity index (χ4n) is 2.87. The Bertz CT molecular complexity index is 851. The molecular weight excluding hydrogens is 324 g/mol. The van der Waals surface area contributed by atoms with Crippen molar-refractivity contribution in [1.29, 1.82) is 0 Å². The highest BCUT2D eigenvalue weighted by molar-refractivity contribution is 5.99. The third-order valence-electron chi connectivity index (χ3n) is 4.09. The van der Waals surface area contributed by atoms with E-state index in [0.717, 1.165) is 0 Å². The number of nitrogens with one attached hydrogen (secondary N) is 1. The zero-order valence-corrected chi connectivity index (χ0v) is 13.5. The summed E-state index contributed by atoms with van der Waals surface area (Å²) in [7, 11) is 0. The summed E-state index contributed by atoms with van der Waals surface area (Å²) >= 11 is 0. The molecule has 0 unspecified atom stereocenters. The smallest absolute Gasteiger partial charge is 0.267 e. The number of benzene rings is 2. The summed E-state index contributed by atoms with van der Waals surface area (Å²) < 4.78 is 16.3. The number of hydrogen-bond donors (Lipinski definition) is 1. The van der Waals surface area contributed by atoms with Gasteiger partial charge in [-0.15, -0.1) is 0 Å². The van der Waals surface area contributed by atoms with Gasteiger partial charge in [-0.05, 0) is 24.3 Å². The van der Waals surface area contributed by atoms with Crippen molar-refractivity contribution in [3.05, 3.63) is 42.5 Å². The first-order valence-corrected chi connectivity index (χ1v) is 7.86. The van der Waals surface area contributed by atoms with Crippen molar-refractivity contribution in [2.75, 3.05) is 23.6 Å². The fraction of sp³-hybridized carbons (Fsp3) is 0.222. The summed E-state index contributed by atoms with van der Waals surface area (Å²) in [5.74, 6) is 1.26. The van der Waals surface area contributed by atoms with E-state index >= 15 is 0 Å². The van der Waals surface area contributed by atoms with Crippen molar-refractivity contribution < 1.29 is 23.8 Å². The summed E-state index contributed by atoms with van der Waals surface area (Å²) in [4.78, 5) is 26.1. The molecular formula is C18H16N2O5. The lowest BCUT2D eigenvalue weighted by Gasteiger charge is -2.33. The van der Waals surface area contributed by atoms with Gasteiger partial charge in [-0.2, -0.15) is 0 Å². The molecule has 2 aromatic carbocycles. The van der Waals surface area contributed by atoms with Crippen LogP contribution in [-0.4, -0.2) is 31.3 Å². The van der Waals surface area contributed by atoms with Crippen molar-refractivity contribution >= 4 is 23.2 Å². The number of hydrogen-bond acceptors (Lipinski definition) is 5. The Morgan fingerprint density at radius 1 is 1.08 bits per heavy atom. The minimum atomic E-state index is -0.802. The van der Waals surface area contributed by atoms with E-state index in [-0.39, 0.29) is 25.2 Å². The Morgan fingerprint density at radius 2 is 1.88 bits per heavy atom. The Balaban J connectivity index is 1.54. The summed E-state index contributed by atoms with van der Waals surface area (Å²) in [6, 6.07) is 12.3. The van der Waals surface area contributed by atoms with Gasteiger partial charge >= 0.3 is 0 Å². The van der Waals surface area contributed by atoms with E-state index < -0.39 is 6.10 Å². The Labute approximate surface area is 144 Å². The van der Waals surface area contributed by atoms with Gasteiger partial charge in [-0.3, -0.25) is 9.59 Å². The monoisotopic (exact) mass is 340 g/mol. The van der Waals surface area contributed by atoms with E-state index in [0.29, 0.717) is 28.6 Å². The van der Waals surface area contributed by atoms with Gasteiger partial charge < -0.3 is 24.4 Å². The first-order chi connectivity index (χ1) is 12.1. The number of nitrogens with zero attached hydrogens (tertiary/aromatic N) is 1. The van der Waals surface area contributed by atoms with Crippen molar-refractivity contribution in [2.45, 2.75) is 13.0 Å². The van der Waals surface area contributed by atoms with Gasteiger partial charge in [0, 0.05) is 18.7 Å². The predicted octanol–water partition coefficient (Wildman–Crippen LogP) is 2.17. The van der Waals surface area contributed by atoms with Gasteiger partial charge in [0.15, 0.2) is 17.6 Å². The molecule has 2 aliphatic heterocycles. The molecule has 128 valence electrons. The standard InChI is InChI=1S/C18H16N2O5/c1-11(21)20-9-17(25-14-5-3-2-4-13(14)20)18(22)19-12-6-7-15-16(8-12)24-10-23-15/h2-8,17H,9-10H2,1H3,(H,19,22)/t17-/m1/s1. The Morgan fingerprint density at radius 3 is 2.72 bits per heavy atom. The second-order valence-electron chi connectivity index (χ2n) is 5.76. The molecule has 2 amide bonds. The van der Waals surface area contributed by atoms with E-state index in [1.807, 2.05) is 6.07 Å². The van der Waals surface area contributed by atoms with Gasteiger partial charge in [-0.1, -0.05) is 12.1 Å². The van der Waals surface area contributed by atoms with Gasteiger partial charge in [0.1, 0.15) is 5.75 Å². The van der Waals surface area contributed by atoms with Crippen LogP contribution in [0.3, 0.4) is 0 Å². The lowest BCUT2D eigenvalue weighted by atomic mass is 10.1. The maximum atomic E-state index is 12.6. The van der Waals surface area contributed by atoms with Gasteiger partial charge in [0.25, 0.3) is 5.91 Å². The molecule has 0 fully saturated rings. The molecule has 1 atom stereocenters. The van der Waals surface area contributed by atoms with Crippen molar-refractivity contribution in [1.82, 2.24) is 0 Å². The minimum Gasteiger partial charge on any atom is -0.476 e. The van der Waals surface area contributed by atoms with Crippen LogP contribution in [0.4, 0.5) is 11.4 Å². The number of rotatable bonds is 2. The van der Waals surface area contributed by atoms with E-state index in [1.165, 1.54) is 6.92 Å². The Hall–Kier alpha value is -3.22. The molecule has 2 aromatic rings. The highest BCUT2D eigenvalue weighted by atomic mass is 16.7. The molecule has 4 rings (SSSR count). The van der Waals surface area contributed by atoms with Crippen LogP contribution in [0, 0.1) is 0 Å². The number of para-hydroxylation sites is 2. The zero-order chi connectivity index (χ0) is 17.4. The number of carbonyl (C=O) groups is 2. The normalized spacial score (nSPS) is 17.5. The van der Waals surface area contributed by atoms with Gasteiger partial charge in [0.2, 0.25) is 12.7 Å². The number of amides is 2. The molecule has 0 aliphatic carbocycles. The average Bonchev–Trinajstić information content (AvgIpc) is 3.08. The topological polar surface area (TPSA) is 77.1 Å². The van der Waals surface area contributed by atoms with Gasteiger partial charge in [-0.25, -0.2) is 0 Å². The average molecular weight is 340 g/mol. The summed E-state index contributed by atoms with van der Waals surface area (Å²) in [6.45, 7) is 1.79. The molecule has 0 radical (unpaired) electrons. The highest BCUT2D eigenvalue weighted by Gasteiger charge is 2.32. The summed E-state index contributed by atoms with van der Waals surface area (Å²) in [5.41, 5.74) is 1.24. The summed E-state index contributed by atoms with van der Waals surface area (Å²) in [6.07, 6.45) is -0.802. The molecule has 0 bridgehead atoms. The van der Waals surface area contributed by atoms with Crippen LogP contribution in [0.2, 0.25) is 0 Å². The van der Waals surface area contributed by atoms with E-state index in [1.54, 1.807) is 41.3 Å². The maximum Gasteiger partial charge on any atom is 0.267 e. The largest absolute Gasteiger partial charge is 0.476 e. The molecule has 0 saturated heterocycles. The van der Waals surface area contributed by atoms with Crippen LogP contribution in [0.15, 0.2) is 42.5 Å². The van der Waals surface area contributed by atoms with E-state index in [9.17, 15) is 9.59 Å². The van der Waals surface area contributed by atoms with Crippen LogP contribution in [-0.2, 0) is 9.59 Å². The number of anilines is 2. The van der Waals surface area contributed by atoms with Crippen LogP contribution in [0.1, 0.15) is 6.92 Å². The quantitative estimate of drug-likeness (QED) is 0.907. The first-order valence-electron chi connectivity index (χ1n) is 7.86. The predicted molar refractivity (Wildman–Crippen MR) is 90.1 cm³/mol. The lowest BCUT2D eigenvalue weighted by Crippen LogP contribution is -2.48. The van der Waals surface area contributed by atoms with Crippen LogP contribution < -0.4 is 24.4 Å². The maximum absolute atomic E-state index is 12.6. The minimum absolute atomic E-state index is 0.142. The molecule has 25 heavy (non-hydrogen) atoms. The van der Waals surface area contributed by atoms with Crippen molar-refractivity contribution in [3.63, 3.8) is 0 Å². The zero-order valence-electron chi connectivity index (χ0n) is 13.5. The molecule has 7 nitrogen and oxygen atoms in total. The second-order valence-corrected chi connectivity index (χ2v) is 5.76. The van der Waals surface area contributed by atoms with Crippen molar-refractivity contribution in [2.24, 2.45) is 0 Å². The van der Waals surface area contributed by atoms with E-state index in [2.05, 4.69) is 5.32 Å². The molecule has 0 saturated carbocycles. The third-order valence-corrected chi connectivity index (χ3v) is 4.09. The third kappa shape index (κ3) is 2.84. The summed E-state index contributed by atoms with van der Waals surface area (Å²) in [5, 5.41) is 2.79. The molecule has 2 aliphatic rings. The van der Waals surface area contributed by atoms with Crippen LogP contribution in [0.5, 0.6) is 17.2 Å². The highest BCUT2D eigenvalue weighted by Crippen LogP contribution is 2.35. The van der Waals surface area contributed by atoms with Gasteiger partial charge in [0.05, 0.1) is 12.2 Å². The number of carbonyl (C=O) groups excluding carboxylic acids is 2. The molecule has 7 heteroatoms. The number of ether oxygens (including phenoxy) is 3. The SMILES string of the molecule is CC(=O)N1C[C@H](C(=O)Nc2ccc3c(c2)OCO3)Oc2ccccc21. The second kappa shape index (κ2) is 6.01. The molecule has 1 N–H and O–H groups in total. The van der Waals surface area contributed by atoms with Crippen LogP contribution in [0.25, 0.3) is 0 Å². The Kier molecular flexibility index (Phi) is 3.68. The fourth-order valence-corrected chi connectivity index (χ4v) is 2.87. The number of fused-ring (bicyclic) bond motifs is 2. The lowest BCUT2D eigenvalue weighted by molar-refractivity contribution is -0.123. The van der Waals surface area contributed by atoms with Crippen molar-refractivity contribution in [3.8, 4) is 17.2 Å². The van der Waals surface area contributed by atoms with E-state index in [4.69, 9.17) is 14.2 Å².